The Labute approximate surface area is 100 Å². The van der Waals surface area contributed by atoms with Crippen molar-refractivity contribution in [1.29, 1.82) is 0 Å². The third kappa shape index (κ3) is 1.36. The maximum atomic E-state index is 12.4. The van der Waals surface area contributed by atoms with E-state index in [9.17, 15) is 9.59 Å². The summed E-state index contributed by atoms with van der Waals surface area (Å²) in [5.74, 6) is -1.13. The standard InChI is InChI=1S/C13H17NO3/c1-13(2)9(10(13)12(16)17)11(15)14-6-7-3-4-8(14)5-7/h3-4,7-10H,5-6H2,1-2H3,(H,16,17)/t7-,8-,9-,10+/m0/s1. The van der Waals surface area contributed by atoms with Gasteiger partial charge in [0, 0.05) is 6.54 Å². The summed E-state index contributed by atoms with van der Waals surface area (Å²) in [6, 6.07) is 0.221. The molecule has 0 unspecified atom stereocenters. The molecule has 2 fully saturated rings. The van der Waals surface area contributed by atoms with Crippen molar-refractivity contribution in [2.24, 2.45) is 23.2 Å². The van der Waals surface area contributed by atoms with Crippen molar-refractivity contribution < 1.29 is 14.7 Å². The number of hydrogen-bond donors (Lipinski definition) is 1. The van der Waals surface area contributed by atoms with Gasteiger partial charge in [0.15, 0.2) is 0 Å². The monoisotopic (exact) mass is 235 g/mol. The lowest BCUT2D eigenvalue weighted by atomic mass is 10.1. The van der Waals surface area contributed by atoms with Gasteiger partial charge in [-0.05, 0) is 17.8 Å². The number of hydrogen-bond acceptors (Lipinski definition) is 2. The van der Waals surface area contributed by atoms with Crippen molar-refractivity contribution in [1.82, 2.24) is 4.90 Å². The normalized spacial score (nSPS) is 40.7. The van der Waals surface area contributed by atoms with Gasteiger partial charge in [0.25, 0.3) is 0 Å². The van der Waals surface area contributed by atoms with Crippen LogP contribution in [0.1, 0.15) is 20.3 Å². The molecular weight excluding hydrogens is 218 g/mol. The van der Waals surface area contributed by atoms with E-state index in [2.05, 4.69) is 12.2 Å². The van der Waals surface area contributed by atoms with Crippen LogP contribution >= 0.6 is 0 Å². The quantitative estimate of drug-likeness (QED) is 0.730. The topological polar surface area (TPSA) is 57.6 Å². The zero-order valence-corrected chi connectivity index (χ0v) is 10.1. The van der Waals surface area contributed by atoms with Crippen LogP contribution in [0.25, 0.3) is 0 Å². The first-order valence-corrected chi connectivity index (χ1v) is 6.14. The van der Waals surface area contributed by atoms with E-state index in [4.69, 9.17) is 5.11 Å². The summed E-state index contributed by atoms with van der Waals surface area (Å²) in [5.41, 5.74) is -0.380. The summed E-state index contributed by atoms with van der Waals surface area (Å²) in [7, 11) is 0. The molecule has 0 aromatic heterocycles. The second-order valence-electron chi connectivity index (χ2n) is 6.05. The first kappa shape index (κ1) is 10.8. The molecule has 17 heavy (non-hydrogen) atoms. The summed E-state index contributed by atoms with van der Waals surface area (Å²) < 4.78 is 0. The Morgan fingerprint density at radius 1 is 1.29 bits per heavy atom. The van der Waals surface area contributed by atoms with Crippen molar-refractivity contribution >= 4 is 11.9 Å². The predicted octanol–water partition coefficient (Wildman–Crippen LogP) is 1.13. The Morgan fingerprint density at radius 3 is 2.41 bits per heavy atom. The van der Waals surface area contributed by atoms with Gasteiger partial charge in [0.05, 0.1) is 17.9 Å². The highest BCUT2D eigenvalue weighted by Gasteiger charge is 2.67. The molecule has 0 radical (unpaired) electrons. The highest BCUT2D eigenvalue weighted by molar-refractivity contribution is 5.92. The lowest BCUT2D eigenvalue weighted by Crippen LogP contribution is -2.38. The van der Waals surface area contributed by atoms with Gasteiger partial charge in [-0.3, -0.25) is 9.59 Å². The van der Waals surface area contributed by atoms with Gasteiger partial charge in [-0.2, -0.15) is 0 Å². The molecule has 3 aliphatic rings. The van der Waals surface area contributed by atoms with Crippen LogP contribution in [-0.4, -0.2) is 34.5 Å². The number of aliphatic carboxylic acids is 1. The van der Waals surface area contributed by atoms with Crippen molar-refractivity contribution in [3.8, 4) is 0 Å². The number of fused-ring (bicyclic) bond motifs is 2. The van der Waals surface area contributed by atoms with E-state index in [-0.39, 0.29) is 23.3 Å². The second-order valence-corrected chi connectivity index (χ2v) is 6.05. The van der Waals surface area contributed by atoms with Crippen LogP contribution in [0, 0.1) is 23.2 Å². The summed E-state index contributed by atoms with van der Waals surface area (Å²) in [4.78, 5) is 25.3. The average molecular weight is 235 g/mol. The number of amides is 1. The summed E-state index contributed by atoms with van der Waals surface area (Å²) in [6.07, 6.45) is 5.27. The van der Waals surface area contributed by atoms with Gasteiger partial charge in [-0.25, -0.2) is 0 Å². The Hall–Kier alpha value is -1.32. The van der Waals surface area contributed by atoms with Crippen LogP contribution < -0.4 is 0 Å². The van der Waals surface area contributed by atoms with Crippen LogP contribution in [0.2, 0.25) is 0 Å². The molecule has 3 rings (SSSR count). The molecule has 0 spiro atoms. The highest BCUT2D eigenvalue weighted by atomic mass is 16.4. The lowest BCUT2D eigenvalue weighted by molar-refractivity contribution is -0.142. The van der Waals surface area contributed by atoms with E-state index in [0.717, 1.165) is 13.0 Å². The molecule has 2 bridgehead atoms. The van der Waals surface area contributed by atoms with Crippen molar-refractivity contribution in [2.45, 2.75) is 26.3 Å². The minimum atomic E-state index is -0.840. The molecule has 0 aromatic rings. The molecule has 4 atom stereocenters. The molecule has 4 nitrogen and oxygen atoms in total. The number of carbonyl (C=O) groups is 2. The van der Waals surface area contributed by atoms with Gasteiger partial charge in [0.2, 0.25) is 5.91 Å². The average Bonchev–Trinajstić information content (AvgIpc) is 2.67. The number of rotatable bonds is 2. The molecular formula is C13H17NO3. The van der Waals surface area contributed by atoms with E-state index in [1.807, 2.05) is 18.7 Å². The minimum absolute atomic E-state index is 0.0410. The molecule has 1 heterocycles. The smallest absolute Gasteiger partial charge is 0.307 e. The molecule has 1 amide bonds. The number of likely N-dealkylation sites (tertiary alicyclic amines) is 1. The maximum absolute atomic E-state index is 12.4. The van der Waals surface area contributed by atoms with Crippen LogP contribution in [0.5, 0.6) is 0 Å². The van der Waals surface area contributed by atoms with E-state index in [1.54, 1.807) is 0 Å². The Bertz CT molecular complexity index is 426. The third-order valence-corrected chi connectivity index (χ3v) is 4.62. The van der Waals surface area contributed by atoms with E-state index >= 15 is 0 Å². The predicted molar refractivity (Wildman–Crippen MR) is 61.1 cm³/mol. The van der Waals surface area contributed by atoms with Crippen LogP contribution in [0.4, 0.5) is 0 Å². The van der Waals surface area contributed by atoms with Crippen molar-refractivity contribution in [3.05, 3.63) is 12.2 Å². The Balaban J connectivity index is 1.77. The molecule has 92 valence electrons. The van der Waals surface area contributed by atoms with Gasteiger partial charge in [0.1, 0.15) is 0 Å². The van der Waals surface area contributed by atoms with Crippen LogP contribution in [0.3, 0.4) is 0 Å². The molecule has 1 N–H and O–H groups in total. The Kier molecular flexibility index (Phi) is 1.98. The highest BCUT2D eigenvalue weighted by Crippen LogP contribution is 2.59. The van der Waals surface area contributed by atoms with Crippen LogP contribution in [0.15, 0.2) is 12.2 Å². The fourth-order valence-electron chi connectivity index (χ4n) is 3.50. The molecule has 1 saturated carbocycles. The number of carboxylic acid groups (broad SMARTS) is 1. The SMILES string of the molecule is CC1(C)[C@H](C(=O)N2C[C@H]3C=C[C@H]2C3)[C@@H]1C(=O)O. The number of carbonyl (C=O) groups excluding carboxylic acids is 1. The summed E-state index contributed by atoms with van der Waals surface area (Å²) in [6.45, 7) is 4.52. The molecule has 4 heteroatoms. The fraction of sp³-hybridized carbons (Fsp3) is 0.692. The molecule has 2 aliphatic carbocycles. The van der Waals surface area contributed by atoms with Gasteiger partial charge in [-0.1, -0.05) is 26.0 Å². The van der Waals surface area contributed by atoms with Gasteiger partial charge >= 0.3 is 5.97 Å². The first-order chi connectivity index (χ1) is 7.93. The maximum Gasteiger partial charge on any atom is 0.307 e. The molecule has 0 aromatic carbocycles. The second kappa shape index (κ2) is 3.12. The van der Waals surface area contributed by atoms with Crippen molar-refractivity contribution in [2.75, 3.05) is 6.54 Å². The van der Waals surface area contributed by atoms with E-state index in [1.165, 1.54) is 0 Å². The zero-order valence-electron chi connectivity index (χ0n) is 10.1. The lowest BCUT2D eigenvalue weighted by Gasteiger charge is -2.24. The Morgan fingerprint density at radius 2 is 2.00 bits per heavy atom. The van der Waals surface area contributed by atoms with Crippen LogP contribution in [-0.2, 0) is 9.59 Å². The van der Waals surface area contributed by atoms with E-state index < -0.39 is 11.9 Å². The summed E-state index contributed by atoms with van der Waals surface area (Å²) >= 11 is 0. The summed E-state index contributed by atoms with van der Waals surface area (Å²) in [5, 5.41) is 9.10. The first-order valence-electron chi connectivity index (χ1n) is 6.14. The molecule has 1 saturated heterocycles. The van der Waals surface area contributed by atoms with E-state index in [0.29, 0.717) is 5.92 Å². The zero-order chi connectivity index (χ0) is 12.4. The number of carboxylic acids is 1. The molecule has 1 aliphatic heterocycles. The fourth-order valence-corrected chi connectivity index (χ4v) is 3.50. The van der Waals surface area contributed by atoms with Crippen molar-refractivity contribution in [3.63, 3.8) is 0 Å². The largest absolute Gasteiger partial charge is 0.481 e. The van der Waals surface area contributed by atoms with Gasteiger partial charge in [-0.15, -0.1) is 0 Å². The minimum Gasteiger partial charge on any atom is -0.481 e. The number of nitrogens with zero attached hydrogens (tertiary/aromatic N) is 1. The third-order valence-electron chi connectivity index (χ3n) is 4.62. The van der Waals surface area contributed by atoms with Gasteiger partial charge < -0.3 is 10.0 Å².